The second-order valence-corrected chi connectivity index (χ2v) is 7.47. The summed E-state index contributed by atoms with van der Waals surface area (Å²) >= 11 is 0. The largest absolute Gasteiger partial charge is 0.486 e. The lowest BCUT2D eigenvalue weighted by Gasteiger charge is -2.19. The van der Waals surface area contributed by atoms with Crippen LogP contribution in [0.1, 0.15) is 54.0 Å². The van der Waals surface area contributed by atoms with Crippen molar-refractivity contribution in [3.8, 4) is 5.75 Å². The van der Waals surface area contributed by atoms with Gasteiger partial charge < -0.3 is 21.5 Å². The summed E-state index contributed by atoms with van der Waals surface area (Å²) in [6, 6.07) is 13.8. The highest BCUT2D eigenvalue weighted by Gasteiger charge is 2.21. The average molecular weight is 469 g/mol. The normalized spacial score (nSPS) is 11.3. The molecule has 1 heterocycles. The smallest absolute Gasteiger partial charge is 0.150 e. The molecule has 0 saturated carbocycles. The van der Waals surface area contributed by atoms with Crippen LogP contribution in [0.2, 0.25) is 0 Å². The van der Waals surface area contributed by atoms with Crippen molar-refractivity contribution >= 4 is 17.4 Å². The molecule has 0 fully saturated rings. The number of benzene rings is 2. The van der Waals surface area contributed by atoms with Gasteiger partial charge in [-0.3, -0.25) is 15.8 Å². The number of ether oxygens (including phenoxy) is 1. The van der Waals surface area contributed by atoms with Crippen LogP contribution in [0.25, 0.3) is 0 Å². The van der Waals surface area contributed by atoms with Gasteiger partial charge in [-0.05, 0) is 48.4 Å². The molecule has 0 aliphatic rings. The van der Waals surface area contributed by atoms with E-state index in [2.05, 4.69) is 10.3 Å². The van der Waals surface area contributed by atoms with Crippen LogP contribution in [0, 0.1) is 10.8 Å². The number of rotatable bonds is 10. The van der Waals surface area contributed by atoms with Crippen molar-refractivity contribution in [2.24, 2.45) is 11.5 Å². The van der Waals surface area contributed by atoms with Gasteiger partial charge in [0.25, 0.3) is 0 Å². The third-order valence-electron chi connectivity index (χ3n) is 5.05. The monoisotopic (exact) mass is 468 g/mol. The number of alkyl halides is 2. The van der Waals surface area contributed by atoms with Gasteiger partial charge in [0.1, 0.15) is 42.6 Å². The second-order valence-electron chi connectivity index (χ2n) is 7.47. The van der Waals surface area contributed by atoms with Gasteiger partial charge in [-0.15, -0.1) is 0 Å². The summed E-state index contributed by atoms with van der Waals surface area (Å²) in [5.74, 6) is -0.0332. The molecule has 7 nitrogen and oxygen atoms in total. The molecular weight excluding hydrogens is 438 g/mol. The first-order chi connectivity index (χ1) is 15.8. The highest BCUT2D eigenvalue weighted by molar-refractivity contribution is 5.95. The Labute approximate surface area is 198 Å². The molecule has 1 aromatic heterocycles. The van der Waals surface area contributed by atoms with Gasteiger partial charge in [0.05, 0.1) is 0 Å². The third-order valence-corrected chi connectivity index (χ3v) is 5.05. The zero-order chi connectivity index (χ0) is 24.0. The van der Waals surface area contributed by atoms with Crippen LogP contribution in [-0.2, 0) is 19.8 Å². The highest BCUT2D eigenvalue weighted by Crippen LogP contribution is 2.35. The minimum absolute atomic E-state index is 0. The Morgan fingerprint density at radius 1 is 1.09 bits per heavy atom. The summed E-state index contributed by atoms with van der Waals surface area (Å²) in [5.41, 5.74) is 14.4. The van der Waals surface area contributed by atoms with Gasteiger partial charge in [-0.1, -0.05) is 25.6 Å². The fraction of sp³-hybridized carbons (Fsp3) is 0.240. The predicted octanol–water partition coefficient (Wildman–Crippen LogP) is 4.98. The summed E-state index contributed by atoms with van der Waals surface area (Å²) in [6.45, 7) is 0.742. The molecule has 3 rings (SSSR count). The Balaban J connectivity index is 0.00000408. The minimum Gasteiger partial charge on any atom is -0.486 e. The molecule has 0 aliphatic heterocycles. The predicted molar refractivity (Wildman–Crippen MR) is 132 cm³/mol. The summed E-state index contributed by atoms with van der Waals surface area (Å²) in [4.78, 5) is 4.14. The molecule has 1 atom stereocenters. The van der Waals surface area contributed by atoms with E-state index in [-0.39, 0.29) is 49.3 Å². The first-order valence-electron chi connectivity index (χ1n) is 10.2. The van der Waals surface area contributed by atoms with E-state index in [4.69, 9.17) is 27.0 Å². The lowest BCUT2D eigenvalue weighted by molar-refractivity contribution is 0.277. The maximum atomic E-state index is 14.7. The van der Waals surface area contributed by atoms with Crippen LogP contribution in [0.4, 0.5) is 14.5 Å². The number of nitrogen functional groups attached to an aromatic ring is 2. The molecule has 0 aliphatic carbocycles. The molecule has 2 aromatic carbocycles. The van der Waals surface area contributed by atoms with Crippen molar-refractivity contribution in [1.29, 1.82) is 10.8 Å². The van der Waals surface area contributed by atoms with Gasteiger partial charge >= 0.3 is 0 Å². The van der Waals surface area contributed by atoms with E-state index in [1.54, 1.807) is 48.5 Å². The Hall–Kier alpha value is -4.01. The highest BCUT2D eigenvalue weighted by atomic mass is 19.1. The SMILES string of the molecule is C.CC(F)c1c(CNc2ccc(C(=N)N)cc2)cnc(CF)c1OCc1cccc(C(=N)N)c1. The molecule has 3 aromatic rings. The summed E-state index contributed by atoms with van der Waals surface area (Å²) in [6.07, 6.45) is 0.0225. The van der Waals surface area contributed by atoms with Crippen molar-refractivity contribution in [3.63, 3.8) is 0 Å². The van der Waals surface area contributed by atoms with Crippen molar-refractivity contribution in [2.45, 2.75) is 40.3 Å². The number of pyridine rings is 1. The number of hydrogen-bond donors (Lipinski definition) is 5. The third kappa shape index (κ3) is 6.28. The van der Waals surface area contributed by atoms with Crippen LogP contribution in [0.15, 0.2) is 54.7 Å². The van der Waals surface area contributed by atoms with E-state index in [1.807, 2.05) is 0 Å². The minimum atomic E-state index is -1.42. The molecule has 1 unspecified atom stereocenters. The van der Waals surface area contributed by atoms with Crippen molar-refractivity contribution < 1.29 is 13.5 Å². The molecule has 0 radical (unpaired) electrons. The van der Waals surface area contributed by atoms with Crippen LogP contribution < -0.4 is 21.5 Å². The zero-order valence-electron chi connectivity index (χ0n) is 18.2. The summed E-state index contributed by atoms with van der Waals surface area (Å²) in [5, 5.41) is 18.2. The number of hydrogen-bond acceptors (Lipinski definition) is 5. The second kappa shape index (κ2) is 11.7. The zero-order valence-corrected chi connectivity index (χ0v) is 18.2. The number of halogens is 2. The van der Waals surface area contributed by atoms with E-state index < -0.39 is 12.8 Å². The quantitative estimate of drug-likeness (QED) is 0.211. The number of nitrogens with zero attached hydrogens (tertiary/aromatic N) is 1. The Kier molecular flexibility index (Phi) is 9.06. The first-order valence-corrected chi connectivity index (χ1v) is 10.2. The van der Waals surface area contributed by atoms with Crippen LogP contribution in [-0.4, -0.2) is 16.7 Å². The standard InChI is InChI=1S/C24H26F2N6O.CH4/c1-14(26)21-18(11-31-19-7-5-16(6-8-19)23(27)28)12-32-20(10-25)22(21)33-13-15-3-2-4-17(9-15)24(29)30;/h2-9,12,14,31H,10-11,13H2,1H3,(H3,27,28)(H3,29,30);1H4. The number of anilines is 1. The fourth-order valence-electron chi connectivity index (χ4n) is 3.37. The Morgan fingerprint density at radius 2 is 1.76 bits per heavy atom. The molecule has 180 valence electrons. The van der Waals surface area contributed by atoms with E-state index in [1.165, 1.54) is 13.1 Å². The van der Waals surface area contributed by atoms with Gasteiger partial charge in [0.2, 0.25) is 0 Å². The van der Waals surface area contributed by atoms with Crippen molar-refractivity contribution in [1.82, 2.24) is 4.98 Å². The topological polar surface area (TPSA) is 134 Å². The molecule has 7 N–H and O–H groups in total. The van der Waals surface area contributed by atoms with Crippen molar-refractivity contribution in [3.05, 3.63) is 88.2 Å². The number of nitrogens with two attached hydrogens (primary N) is 2. The van der Waals surface area contributed by atoms with Crippen LogP contribution in [0.3, 0.4) is 0 Å². The number of amidine groups is 2. The van der Waals surface area contributed by atoms with Crippen molar-refractivity contribution in [2.75, 3.05) is 5.32 Å². The summed E-state index contributed by atoms with van der Waals surface area (Å²) < 4.78 is 34.2. The Bertz CT molecular complexity index is 1150. The van der Waals surface area contributed by atoms with Gasteiger partial charge in [0.15, 0.2) is 0 Å². The molecule has 0 spiro atoms. The van der Waals surface area contributed by atoms with Gasteiger partial charge in [-0.25, -0.2) is 8.78 Å². The average Bonchev–Trinajstić information content (AvgIpc) is 2.81. The number of aromatic nitrogens is 1. The molecule has 0 amide bonds. The molecular formula is C25H30F2N6O. The maximum Gasteiger partial charge on any atom is 0.150 e. The van der Waals surface area contributed by atoms with Gasteiger partial charge in [0, 0.05) is 35.1 Å². The molecule has 0 saturated heterocycles. The van der Waals surface area contributed by atoms with E-state index >= 15 is 0 Å². The summed E-state index contributed by atoms with van der Waals surface area (Å²) in [7, 11) is 0. The number of nitrogens with one attached hydrogen (secondary N) is 3. The van der Waals surface area contributed by atoms with E-state index in [9.17, 15) is 8.78 Å². The van der Waals surface area contributed by atoms with Gasteiger partial charge in [-0.2, -0.15) is 0 Å². The van der Waals surface area contributed by atoms with E-state index in [0.29, 0.717) is 22.3 Å². The Morgan fingerprint density at radius 3 is 2.35 bits per heavy atom. The van der Waals surface area contributed by atoms with E-state index in [0.717, 1.165) is 5.69 Å². The lowest BCUT2D eigenvalue weighted by atomic mass is 10.0. The molecule has 0 bridgehead atoms. The lowest BCUT2D eigenvalue weighted by Crippen LogP contribution is -2.12. The van der Waals surface area contributed by atoms with Crippen LogP contribution >= 0.6 is 0 Å². The molecule has 9 heteroatoms. The van der Waals surface area contributed by atoms with Crippen LogP contribution in [0.5, 0.6) is 5.75 Å². The fourth-order valence-corrected chi connectivity index (χ4v) is 3.37. The first kappa shape index (κ1) is 26.2. The maximum absolute atomic E-state index is 14.7. The molecule has 34 heavy (non-hydrogen) atoms.